The molecule has 94 valence electrons. The summed E-state index contributed by atoms with van der Waals surface area (Å²) in [5, 5.41) is 10.7. The van der Waals surface area contributed by atoms with Gasteiger partial charge in [0.15, 0.2) is 0 Å². The third kappa shape index (κ3) is 3.16. The highest BCUT2D eigenvalue weighted by Gasteiger charge is 2.26. The summed E-state index contributed by atoms with van der Waals surface area (Å²) in [6.45, 7) is 4.51. The van der Waals surface area contributed by atoms with E-state index in [1.165, 1.54) is 6.42 Å². The molecule has 1 aliphatic carbocycles. The smallest absolute Gasteiger partial charge is 0.282 e. The van der Waals surface area contributed by atoms with Crippen molar-refractivity contribution in [1.29, 1.82) is 0 Å². The first kappa shape index (κ1) is 12.8. The van der Waals surface area contributed by atoms with E-state index in [-0.39, 0.29) is 11.9 Å². The molecule has 17 heavy (non-hydrogen) atoms. The van der Waals surface area contributed by atoms with Gasteiger partial charge in [-0.25, -0.2) is 0 Å². The summed E-state index contributed by atoms with van der Waals surface area (Å²) in [4.78, 5) is 11.9. The second-order valence-corrected chi connectivity index (χ2v) is 6.36. The maximum atomic E-state index is 11.9. The molecule has 3 unspecified atom stereocenters. The number of nitrogens with one attached hydrogen (secondary N) is 1. The zero-order valence-electron chi connectivity index (χ0n) is 9.94. The summed E-state index contributed by atoms with van der Waals surface area (Å²) in [6.07, 6.45) is 3.26. The minimum atomic E-state index is -0.152. The molecule has 0 radical (unpaired) electrons. The van der Waals surface area contributed by atoms with Crippen LogP contribution in [0.15, 0.2) is 0 Å². The molecule has 1 amide bonds. The molecule has 0 aromatic carbocycles. The largest absolute Gasteiger partial charge is 0.347 e. The Balaban J connectivity index is 1.91. The summed E-state index contributed by atoms with van der Waals surface area (Å²) in [7, 11) is 0. The lowest BCUT2D eigenvalue weighted by Gasteiger charge is -2.32. The molecular formula is C11H16ClN3OS. The number of carbonyl (C=O) groups is 1. The average Bonchev–Trinajstić information content (AvgIpc) is 2.70. The van der Waals surface area contributed by atoms with Gasteiger partial charge in [0, 0.05) is 6.04 Å². The van der Waals surface area contributed by atoms with Crippen molar-refractivity contribution in [3.05, 3.63) is 9.47 Å². The lowest BCUT2D eigenvalue weighted by atomic mass is 9.79. The van der Waals surface area contributed by atoms with Crippen LogP contribution < -0.4 is 5.32 Å². The van der Waals surface area contributed by atoms with Gasteiger partial charge in [0.05, 0.1) is 0 Å². The zero-order chi connectivity index (χ0) is 12.4. The Bertz CT molecular complexity index is 409. The predicted octanol–water partition coefficient (Wildman–Crippen LogP) is 2.75. The topological polar surface area (TPSA) is 54.9 Å². The van der Waals surface area contributed by atoms with Gasteiger partial charge in [-0.1, -0.05) is 25.2 Å². The number of hydrogen-bond acceptors (Lipinski definition) is 4. The second-order valence-electron chi connectivity index (χ2n) is 4.80. The number of amides is 1. The minimum absolute atomic E-state index is 0.152. The van der Waals surface area contributed by atoms with Gasteiger partial charge in [-0.2, -0.15) is 0 Å². The van der Waals surface area contributed by atoms with E-state index in [9.17, 15) is 4.79 Å². The first-order valence-corrected chi connectivity index (χ1v) is 7.05. The van der Waals surface area contributed by atoms with Gasteiger partial charge in [-0.05, 0) is 42.7 Å². The predicted molar refractivity (Wildman–Crippen MR) is 68.4 cm³/mol. The maximum Gasteiger partial charge on any atom is 0.282 e. The highest BCUT2D eigenvalue weighted by molar-refractivity contribution is 7.17. The van der Waals surface area contributed by atoms with Gasteiger partial charge < -0.3 is 5.32 Å². The molecule has 0 bridgehead atoms. The van der Waals surface area contributed by atoms with Crippen molar-refractivity contribution in [3.8, 4) is 0 Å². The van der Waals surface area contributed by atoms with E-state index in [0.29, 0.717) is 15.4 Å². The van der Waals surface area contributed by atoms with E-state index >= 15 is 0 Å². The van der Waals surface area contributed by atoms with E-state index in [1.54, 1.807) is 0 Å². The number of aromatic nitrogens is 2. The van der Waals surface area contributed by atoms with Crippen LogP contribution in [0.4, 0.5) is 0 Å². The zero-order valence-corrected chi connectivity index (χ0v) is 11.5. The molecule has 3 atom stereocenters. The van der Waals surface area contributed by atoms with Gasteiger partial charge in [0.25, 0.3) is 5.91 Å². The standard InChI is InChI=1S/C11H16ClN3OS/c1-6-3-4-8(5-7(6)2)13-9(16)10-14-15-11(12)17-10/h6-8H,3-5H2,1-2H3,(H,13,16). The third-order valence-electron chi connectivity index (χ3n) is 3.53. The molecule has 6 heteroatoms. The molecule has 1 aromatic rings. The molecule has 0 aliphatic heterocycles. The summed E-state index contributed by atoms with van der Waals surface area (Å²) >= 11 is 6.77. The Hall–Kier alpha value is -0.680. The van der Waals surface area contributed by atoms with E-state index in [4.69, 9.17) is 11.6 Å². The quantitative estimate of drug-likeness (QED) is 0.901. The van der Waals surface area contributed by atoms with Crippen molar-refractivity contribution in [2.45, 2.75) is 39.2 Å². The Morgan fingerprint density at radius 2 is 2.12 bits per heavy atom. The molecule has 2 rings (SSSR count). The number of rotatable bonds is 2. The molecule has 1 N–H and O–H groups in total. The summed E-state index contributed by atoms with van der Waals surface area (Å²) in [6, 6.07) is 0.261. The summed E-state index contributed by atoms with van der Waals surface area (Å²) in [5.74, 6) is 1.26. The molecule has 1 fully saturated rings. The van der Waals surface area contributed by atoms with Crippen LogP contribution >= 0.6 is 22.9 Å². The molecule has 1 aliphatic rings. The Labute approximate surface area is 110 Å². The van der Waals surface area contributed by atoms with Crippen molar-refractivity contribution in [3.63, 3.8) is 0 Å². The second kappa shape index (κ2) is 5.31. The average molecular weight is 274 g/mol. The SMILES string of the molecule is CC1CCC(NC(=O)c2nnc(Cl)s2)CC1C. The van der Waals surface area contributed by atoms with E-state index < -0.39 is 0 Å². The van der Waals surface area contributed by atoms with Crippen LogP contribution in [0.25, 0.3) is 0 Å². The van der Waals surface area contributed by atoms with E-state index in [1.807, 2.05) is 0 Å². The molecule has 1 heterocycles. The molecular weight excluding hydrogens is 258 g/mol. The minimum Gasteiger partial charge on any atom is -0.347 e. The fourth-order valence-corrected chi connectivity index (χ4v) is 2.95. The van der Waals surface area contributed by atoms with Crippen LogP contribution in [0.1, 0.15) is 42.9 Å². The maximum absolute atomic E-state index is 11.9. The lowest BCUT2D eigenvalue weighted by molar-refractivity contribution is 0.0909. The first-order chi connectivity index (χ1) is 8.06. The molecule has 0 spiro atoms. The van der Waals surface area contributed by atoms with E-state index in [2.05, 4.69) is 29.4 Å². The van der Waals surface area contributed by atoms with Crippen LogP contribution in [0.5, 0.6) is 0 Å². The Morgan fingerprint density at radius 1 is 1.35 bits per heavy atom. The van der Waals surface area contributed by atoms with Crippen LogP contribution in [0, 0.1) is 11.8 Å². The number of hydrogen-bond donors (Lipinski definition) is 1. The van der Waals surface area contributed by atoms with Crippen LogP contribution in [-0.2, 0) is 0 Å². The van der Waals surface area contributed by atoms with Crippen LogP contribution in [0.2, 0.25) is 4.47 Å². The van der Waals surface area contributed by atoms with Crippen molar-refractivity contribution < 1.29 is 4.79 Å². The van der Waals surface area contributed by atoms with Crippen molar-refractivity contribution in [2.24, 2.45) is 11.8 Å². The fourth-order valence-electron chi connectivity index (χ4n) is 2.22. The molecule has 0 saturated heterocycles. The fraction of sp³-hybridized carbons (Fsp3) is 0.727. The monoisotopic (exact) mass is 273 g/mol. The van der Waals surface area contributed by atoms with Gasteiger partial charge in [0.1, 0.15) is 0 Å². The molecule has 1 saturated carbocycles. The number of halogens is 1. The number of nitrogens with zero attached hydrogens (tertiary/aromatic N) is 2. The van der Waals surface area contributed by atoms with Crippen molar-refractivity contribution in [1.82, 2.24) is 15.5 Å². The van der Waals surface area contributed by atoms with E-state index in [0.717, 1.165) is 30.1 Å². The highest BCUT2D eigenvalue weighted by Crippen LogP contribution is 2.29. The molecule has 1 aromatic heterocycles. The van der Waals surface area contributed by atoms with Crippen molar-refractivity contribution in [2.75, 3.05) is 0 Å². The highest BCUT2D eigenvalue weighted by atomic mass is 35.5. The summed E-state index contributed by atoms with van der Waals surface area (Å²) < 4.78 is 0.306. The normalized spacial score (nSPS) is 29.0. The molecule has 4 nitrogen and oxygen atoms in total. The van der Waals surface area contributed by atoms with Crippen molar-refractivity contribution >= 4 is 28.8 Å². The third-order valence-corrected chi connectivity index (χ3v) is 4.55. The van der Waals surface area contributed by atoms with Crippen LogP contribution in [-0.4, -0.2) is 22.1 Å². The Kier molecular flexibility index (Phi) is 3.99. The number of carbonyl (C=O) groups excluding carboxylic acids is 1. The van der Waals surface area contributed by atoms with Gasteiger partial charge in [-0.15, -0.1) is 10.2 Å². The lowest BCUT2D eigenvalue weighted by Crippen LogP contribution is -2.39. The van der Waals surface area contributed by atoms with Crippen LogP contribution in [0.3, 0.4) is 0 Å². The van der Waals surface area contributed by atoms with Gasteiger partial charge in [0.2, 0.25) is 9.47 Å². The Morgan fingerprint density at radius 3 is 2.71 bits per heavy atom. The first-order valence-electron chi connectivity index (χ1n) is 5.86. The summed E-state index contributed by atoms with van der Waals surface area (Å²) in [5.41, 5.74) is 0. The van der Waals surface area contributed by atoms with Gasteiger partial charge in [-0.3, -0.25) is 4.79 Å². The van der Waals surface area contributed by atoms with Gasteiger partial charge >= 0.3 is 0 Å².